The maximum absolute atomic E-state index is 10.9. The Balaban J connectivity index is 4.08. The van der Waals surface area contributed by atoms with Crippen LogP contribution in [0.1, 0.15) is 6.92 Å². The van der Waals surface area contributed by atoms with Gasteiger partial charge in [-0.3, -0.25) is 9.59 Å². The third kappa shape index (κ3) is 2.99. The fraction of sp³-hybridized carbons (Fsp3) is 0.667. The maximum Gasteiger partial charge on any atom is 0.245 e. The van der Waals surface area contributed by atoms with E-state index >= 15 is 0 Å². The number of carbonyl (C=O) groups is 2. The van der Waals surface area contributed by atoms with Crippen molar-refractivity contribution in [2.75, 3.05) is 7.05 Å². The quantitative estimate of drug-likeness (QED) is 0.426. The highest BCUT2D eigenvalue weighted by Crippen LogP contribution is 1.90. The molecular formula is C6H12N2O3. The zero-order chi connectivity index (χ0) is 8.85. The lowest BCUT2D eigenvalue weighted by atomic mass is 10.2. The molecule has 64 valence electrons. The summed E-state index contributed by atoms with van der Waals surface area (Å²) in [6.45, 7) is 1.43. The SMILES string of the molecule is CNC(=O)[C@@H](NC=O)C(C)O. The molecule has 3 N–H and O–H groups in total. The van der Waals surface area contributed by atoms with Gasteiger partial charge in [-0.25, -0.2) is 0 Å². The molecule has 0 spiro atoms. The van der Waals surface area contributed by atoms with Crippen molar-refractivity contribution < 1.29 is 14.7 Å². The van der Waals surface area contributed by atoms with Crippen LogP contribution < -0.4 is 10.6 Å². The summed E-state index contributed by atoms with van der Waals surface area (Å²) >= 11 is 0. The van der Waals surface area contributed by atoms with E-state index in [4.69, 9.17) is 5.11 Å². The molecule has 0 fully saturated rings. The fourth-order valence-electron chi connectivity index (χ4n) is 0.663. The van der Waals surface area contributed by atoms with Crippen LogP contribution in [-0.2, 0) is 9.59 Å². The van der Waals surface area contributed by atoms with E-state index in [9.17, 15) is 9.59 Å². The second-order valence-electron chi connectivity index (χ2n) is 2.12. The molecule has 0 aliphatic rings. The number of hydrogen-bond donors (Lipinski definition) is 3. The average molecular weight is 160 g/mol. The monoisotopic (exact) mass is 160 g/mol. The summed E-state index contributed by atoms with van der Waals surface area (Å²) in [7, 11) is 1.43. The number of aliphatic hydroxyl groups excluding tert-OH is 1. The van der Waals surface area contributed by atoms with Crippen LogP contribution in [-0.4, -0.2) is 36.6 Å². The summed E-state index contributed by atoms with van der Waals surface area (Å²) in [5.41, 5.74) is 0. The standard InChI is InChI=1S/C6H12N2O3/c1-4(10)5(8-3-9)6(11)7-2/h3-5,10H,1-2H3,(H,7,11)(H,8,9)/t4?,5-/m0/s1. The van der Waals surface area contributed by atoms with E-state index in [1.807, 2.05) is 0 Å². The zero-order valence-corrected chi connectivity index (χ0v) is 6.50. The van der Waals surface area contributed by atoms with E-state index in [1.54, 1.807) is 0 Å². The Bertz CT molecular complexity index is 147. The van der Waals surface area contributed by atoms with Crippen LogP contribution in [0.4, 0.5) is 0 Å². The van der Waals surface area contributed by atoms with Crippen LogP contribution in [0.3, 0.4) is 0 Å². The largest absolute Gasteiger partial charge is 0.391 e. The van der Waals surface area contributed by atoms with Crippen LogP contribution in [0, 0.1) is 0 Å². The van der Waals surface area contributed by atoms with Crippen LogP contribution in [0.5, 0.6) is 0 Å². The van der Waals surface area contributed by atoms with Crippen molar-refractivity contribution in [3.05, 3.63) is 0 Å². The van der Waals surface area contributed by atoms with Gasteiger partial charge in [0.05, 0.1) is 6.10 Å². The van der Waals surface area contributed by atoms with Crippen molar-refractivity contribution in [2.24, 2.45) is 0 Å². The third-order valence-electron chi connectivity index (χ3n) is 1.26. The minimum atomic E-state index is -0.889. The summed E-state index contributed by atoms with van der Waals surface area (Å²) in [6, 6.07) is -0.863. The first kappa shape index (κ1) is 9.90. The highest BCUT2D eigenvalue weighted by molar-refractivity contribution is 5.83. The summed E-state index contributed by atoms with van der Waals surface area (Å²) in [5.74, 6) is -0.410. The van der Waals surface area contributed by atoms with Gasteiger partial charge in [-0.05, 0) is 6.92 Å². The molecular weight excluding hydrogens is 148 g/mol. The Morgan fingerprint density at radius 1 is 1.64 bits per heavy atom. The van der Waals surface area contributed by atoms with Crippen LogP contribution in [0.15, 0.2) is 0 Å². The molecule has 0 aliphatic heterocycles. The first-order valence-corrected chi connectivity index (χ1v) is 3.22. The van der Waals surface area contributed by atoms with Gasteiger partial charge in [-0.15, -0.1) is 0 Å². The predicted molar refractivity (Wildman–Crippen MR) is 38.7 cm³/mol. The van der Waals surface area contributed by atoms with Crippen molar-refractivity contribution in [1.82, 2.24) is 10.6 Å². The minimum absolute atomic E-state index is 0.382. The van der Waals surface area contributed by atoms with Gasteiger partial charge in [0.15, 0.2) is 0 Å². The molecule has 5 heteroatoms. The lowest BCUT2D eigenvalue weighted by molar-refractivity contribution is -0.127. The van der Waals surface area contributed by atoms with Crippen molar-refractivity contribution in [1.29, 1.82) is 0 Å². The average Bonchev–Trinajstić information content (AvgIpc) is 1.98. The lowest BCUT2D eigenvalue weighted by Gasteiger charge is -2.16. The van der Waals surface area contributed by atoms with Crippen molar-refractivity contribution in [3.63, 3.8) is 0 Å². The van der Waals surface area contributed by atoms with E-state index in [-0.39, 0.29) is 0 Å². The second kappa shape index (κ2) is 4.68. The molecule has 5 nitrogen and oxygen atoms in total. The van der Waals surface area contributed by atoms with Gasteiger partial charge < -0.3 is 15.7 Å². The van der Waals surface area contributed by atoms with E-state index in [1.165, 1.54) is 14.0 Å². The first-order valence-electron chi connectivity index (χ1n) is 3.22. The van der Waals surface area contributed by atoms with E-state index in [2.05, 4.69) is 10.6 Å². The van der Waals surface area contributed by atoms with Crippen LogP contribution in [0.2, 0.25) is 0 Å². The Labute approximate surface area is 64.8 Å². The molecule has 0 radical (unpaired) electrons. The number of aliphatic hydroxyl groups is 1. The topological polar surface area (TPSA) is 78.4 Å². The fourth-order valence-corrected chi connectivity index (χ4v) is 0.663. The normalized spacial score (nSPS) is 14.8. The molecule has 0 saturated heterocycles. The Hall–Kier alpha value is -1.10. The molecule has 0 aliphatic carbocycles. The Kier molecular flexibility index (Phi) is 4.21. The summed E-state index contributed by atoms with van der Waals surface area (Å²) in [6.07, 6.45) is -0.507. The minimum Gasteiger partial charge on any atom is -0.391 e. The highest BCUT2D eigenvalue weighted by Gasteiger charge is 2.20. The molecule has 0 aromatic heterocycles. The van der Waals surface area contributed by atoms with Crippen molar-refractivity contribution in [3.8, 4) is 0 Å². The van der Waals surface area contributed by atoms with E-state index < -0.39 is 18.1 Å². The number of rotatable bonds is 4. The summed E-state index contributed by atoms with van der Waals surface area (Å²) in [4.78, 5) is 20.8. The van der Waals surface area contributed by atoms with E-state index in [0.717, 1.165) is 0 Å². The van der Waals surface area contributed by atoms with Crippen molar-refractivity contribution in [2.45, 2.75) is 19.1 Å². The molecule has 2 atom stereocenters. The van der Waals surface area contributed by atoms with Gasteiger partial charge in [0.1, 0.15) is 6.04 Å². The summed E-state index contributed by atoms with van der Waals surface area (Å²) in [5, 5.41) is 13.5. The predicted octanol–water partition coefficient (Wildman–Crippen LogP) is -1.77. The molecule has 1 unspecified atom stereocenters. The molecule has 11 heavy (non-hydrogen) atoms. The molecule has 0 rings (SSSR count). The van der Waals surface area contributed by atoms with Gasteiger partial charge in [0.2, 0.25) is 12.3 Å². The zero-order valence-electron chi connectivity index (χ0n) is 6.50. The highest BCUT2D eigenvalue weighted by atomic mass is 16.3. The Morgan fingerprint density at radius 2 is 2.18 bits per heavy atom. The molecule has 0 aromatic carbocycles. The van der Waals surface area contributed by atoms with Gasteiger partial charge in [-0.1, -0.05) is 0 Å². The van der Waals surface area contributed by atoms with Gasteiger partial charge >= 0.3 is 0 Å². The number of amides is 2. The Morgan fingerprint density at radius 3 is 2.45 bits per heavy atom. The molecule has 0 bridgehead atoms. The second-order valence-corrected chi connectivity index (χ2v) is 2.12. The van der Waals surface area contributed by atoms with Crippen molar-refractivity contribution >= 4 is 12.3 Å². The smallest absolute Gasteiger partial charge is 0.245 e. The molecule has 0 aromatic rings. The van der Waals surface area contributed by atoms with Gasteiger partial charge in [-0.2, -0.15) is 0 Å². The van der Waals surface area contributed by atoms with Gasteiger partial charge in [0, 0.05) is 7.05 Å². The number of likely N-dealkylation sites (N-methyl/N-ethyl adjacent to an activating group) is 1. The molecule has 2 amide bonds. The lowest BCUT2D eigenvalue weighted by Crippen LogP contribution is -2.48. The van der Waals surface area contributed by atoms with E-state index in [0.29, 0.717) is 6.41 Å². The van der Waals surface area contributed by atoms with Crippen LogP contribution in [0.25, 0.3) is 0 Å². The number of hydrogen-bond acceptors (Lipinski definition) is 3. The maximum atomic E-state index is 10.9. The third-order valence-corrected chi connectivity index (χ3v) is 1.26. The molecule has 0 heterocycles. The van der Waals surface area contributed by atoms with Crippen LogP contribution >= 0.6 is 0 Å². The summed E-state index contributed by atoms with van der Waals surface area (Å²) < 4.78 is 0. The number of carbonyl (C=O) groups excluding carboxylic acids is 2. The first-order chi connectivity index (χ1) is 5.13. The molecule has 0 saturated carbocycles. The number of nitrogens with one attached hydrogen (secondary N) is 2. The van der Waals surface area contributed by atoms with Gasteiger partial charge in [0.25, 0.3) is 0 Å².